The lowest BCUT2D eigenvalue weighted by Crippen LogP contribution is -2.43. The number of hydrogen-bond acceptors (Lipinski definition) is 3. The molecule has 0 rings (SSSR count). The average molecular weight is 188 g/mol. The van der Waals surface area contributed by atoms with Crippen LogP contribution >= 0.6 is 0 Å². The Balaban J connectivity index is 4.02. The molecule has 0 aromatic rings. The van der Waals surface area contributed by atoms with Crippen LogP contribution in [-0.2, 0) is 9.59 Å². The van der Waals surface area contributed by atoms with Crippen molar-refractivity contribution in [1.29, 1.82) is 0 Å². The Bertz CT molecular complexity index is 227. The number of urea groups is 1. The SMILES string of the molecule is CC(=O)CCC(NC(N)=O)C(=O)O. The Hall–Kier alpha value is -1.59. The Morgan fingerprint density at radius 3 is 2.31 bits per heavy atom. The van der Waals surface area contributed by atoms with E-state index in [4.69, 9.17) is 10.8 Å². The molecule has 0 bridgehead atoms. The summed E-state index contributed by atoms with van der Waals surface area (Å²) >= 11 is 0. The first-order chi connectivity index (χ1) is 5.93. The number of amides is 2. The summed E-state index contributed by atoms with van der Waals surface area (Å²) in [5, 5.41) is 10.6. The summed E-state index contributed by atoms with van der Waals surface area (Å²) in [4.78, 5) is 31.3. The zero-order chi connectivity index (χ0) is 10.4. The van der Waals surface area contributed by atoms with Gasteiger partial charge in [0.2, 0.25) is 0 Å². The van der Waals surface area contributed by atoms with Crippen LogP contribution in [0.2, 0.25) is 0 Å². The highest BCUT2D eigenvalue weighted by Crippen LogP contribution is 1.98. The van der Waals surface area contributed by atoms with Crippen molar-refractivity contribution in [2.24, 2.45) is 5.73 Å². The molecule has 0 fully saturated rings. The zero-order valence-corrected chi connectivity index (χ0v) is 7.24. The molecule has 4 N–H and O–H groups in total. The second-order valence-electron chi connectivity index (χ2n) is 2.64. The number of carboxylic acid groups (broad SMARTS) is 1. The fourth-order valence-electron chi connectivity index (χ4n) is 0.777. The van der Waals surface area contributed by atoms with Gasteiger partial charge in [-0.15, -0.1) is 0 Å². The predicted molar refractivity (Wildman–Crippen MR) is 44.1 cm³/mol. The molecule has 1 unspecified atom stereocenters. The third-order valence-corrected chi connectivity index (χ3v) is 1.40. The van der Waals surface area contributed by atoms with Crippen LogP contribution in [0.5, 0.6) is 0 Å². The minimum atomic E-state index is -1.19. The highest BCUT2D eigenvalue weighted by Gasteiger charge is 2.18. The van der Waals surface area contributed by atoms with Crippen molar-refractivity contribution in [1.82, 2.24) is 5.32 Å². The van der Waals surface area contributed by atoms with Crippen LogP contribution in [0, 0.1) is 0 Å². The first-order valence-electron chi connectivity index (χ1n) is 3.71. The molecule has 0 aliphatic carbocycles. The molecule has 1 atom stereocenters. The van der Waals surface area contributed by atoms with Gasteiger partial charge in [-0.2, -0.15) is 0 Å². The predicted octanol–water partition coefficient (Wildman–Crippen LogP) is -0.523. The molecule has 74 valence electrons. The van der Waals surface area contributed by atoms with E-state index >= 15 is 0 Å². The maximum atomic E-state index is 10.5. The molecule has 0 aromatic heterocycles. The normalized spacial score (nSPS) is 11.8. The molecule has 0 radical (unpaired) electrons. The molecule has 0 spiro atoms. The van der Waals surface area contributed by atoms with E-state index in [9.17, 15) is 14.4 Å². The number of carbonyl (C=O) groups is 3. The number of carbonyl (C=O) groups excluding carboxylic acids is 2. The van der Waals surface area contributed by atoms with Gasteiger partial charge in [0.1, 0.15) is 11.8 Å². The number of carboxylic acids is 1. The molecule has 0 saturated carbocycles. The smallest absolute Gasteiger partial charge is 0.326 e. The highest BCUT2D eigenvalue weighted by molar-refractivity contribution is 5.82. The number of ketones is 1. The number of nitrogens with one attached hydrogen (secondary N) is 1. The molecule has 0 aliphatic heterocycles. The number of aliphatic carboxylic acids is 1. The number of primary amides is 1. The van der Waals surface area contributed by atoms with Crippen molar-refractivity contribution in [3.63, 3.8) is 0 Å². The summed E-state index contributed by atoms with van der Waals surface area (Å²) in [5.41, 5.74) is 4.74. The molecule has 0 aliphatic rings. The molecule has 0 aromatic carbocycles. The summed E-state index contributed by atoms with van der Waals surface area (Å²) < 4.78 is 0. The standard InChI is InChI=1S/C7H12N2O4/c1-4(10)2-3-5(6(11)12)9-7(8)13/h5H,2-3H2,1H3,(H,11,12)(H3,8,9,13). The zero-order valence-electron chi connectivity index (χ0n) is 7.24. The van der Waals surface area contributed by atoms with Gasteiger partial charge in [0.25, 0.3) is 0 Å². The third-order valence-electron chi connectivity index (χ3n) is 1.40. The topological polar surface area (TPSA) is 109 Å². The largest absolute Gasteiger partial charge is 0.480 e. The van der Waals surface area contributed by atoms with Gasteiger partial charge in [0.15, 0.2) is 0 Å². The van der Waals surface area contributed by atoms with E-state index in [-0.39, 0.29) is 18.6 Å². The average Bonchev–Trinajstić information content (AvgIpc) is 1.96. The first kappa shape index (κ1) is 11.4. The van der Waals surface area contributed by atoms with Crippen molar-refractivity contribution in [2.75, 3.05) is 0 Å². The van der Waals surface area contributed by atoms with E-state index in [1.807, 2.05) is 5.32 Å². The fraction of sp³-hybridized carbons (Fsp3) is 0.571. The van der Waals surface area contributed by atoms with Crippen LogP contribution < -0.4 is 11.1 Å². The van der Waals surface area contributed by atoms with E-state index in [0.717, 1.165) is 0 Å². The second-order valence-corrected chi connectivity index (χ2v) is 2.64. The second kappa shape index (κ2) is 5.13. The summed E-state index contributed by atoms with van der Waals surface area (Å²) in [5.74, 6) is -1.32. The van der Waals surface area contributed by atoms with Crippen LogP contribution in [-0.4, -0.2) is 28.9 Å². The van der Waals surface area contributed by atoms with Crippen LogP contribution in [0.25, 0.3) is 0 Å². The van der Waals surface area contributed by atoms with Gasteiger partial charge in [-0.05, 0) is 13.3 Å². The number of hydrogen-bond donors (Lipinski definition) is 3. The molecule has 6 heteroatoms. The lowest BCUT2D eigenvalue weighted by molar-refractivity contribution is -0.139. The number of nitrogens with two attached hydrogens (primary N) is 1. The fourth-order valence-corrected chi connectivity index (χ4v) is 0.777. The van der Waals surface area contributed by atoms with Crippen LogP contribution in [0.1, 0.15) is 19.8 Å². The van der Waals surface area contributed by atoms with E-state index in [1.165, 1.54) is 6.92 Å². The summed E-state index contributed by atoms with van der Waals surface area (Å²) in [6.07, 6.45) is 0.171. The van der Waals surface area contributed by atoms with Crippen molar-refractivity contribution in [3.05, 3.63) is 0 Å². The Morgan fingerprint density at radius 1 is 1.46 bits per heavy atom. The van der Waals surface area contributed by atoms with Crippen molar-refractivity contribution < 1.29 is 19.5 Å². The first-order valence-corrected chi connectivity index (χ1v) is 3.71. The summed E-state index contributed by atoms with van der Waals surface area (Å²) in [7, 11) is 0. The van der Waals surface area contributed by atoms with Gasteiger partial charge in [-0.1, -0.05) is 0 Å². The number of Topliss-reactive ketones (excluding diaryl/α,β-unsaturated/α-hetero) is 1. The Labute approximate surface area is 75.1 Å². The maximum Gasteiger partial charge on any atom is 0.326 e. The highest BCUT2D eigenvalue weighted by atomic mass is 16.4. The van der Waals surface area contributed by atoms with Crippen LogP contribution in [0.3, 0.4) is 0 Å². The minimum Gasteiger partial charge on any atom is -0.480 e. The molecule has 2 amide bonds. The monoisotopic (exact) mass is 188 g/mol. The van der Waals surface area contributed by atoms with Gasteiger partial charge in [-0.3, -0.25) is 0 Å². The lowest BCUT2D eigenvalue weighted by atomic mass is 10.1. The molecule has 0 heterocycles. The molecule has 13 heavy (non-hydrogen) atoms. The lowest BCUT2D eigenvalue weighted by Gasteiger charge is -2.10. The quantitative estimate of drug-likeness (QED) is 0.539. The molecule has 0 saturated heterocycles. The van der Waals surface area contributed by atoms with Crippen molar-refractivity contribution >= 4 is 17.8 Å². The van der Waals surface area contributed by atoms with E-state index in [2.05, 4.69) is 0 Å². The Kier molecular flexibility index (Phi) is 4.50. The minimum absolute atomic E-state index is 0.0631. The van der Waals surface area contributed by atoms with Gasteiger partial charge < -0.3 is 21.0 Å². The summed E-state index contributed by atoms with van der Waals surface area (Å²) in [6.45, 7) is 1.35. The van der Waals surface area contributed by atoms with Gasteiger partial charge >= 0.3 is 12.0 Å². The van der Waals surface area contributed by atoms with Crippen LogP contribution in [0.4, 0.5) is 4.79 Å². The Morgan fingerprint density at radius 2 is 2.00 bits per heavy atom. The third kappa shape index (κ3) is 5.66. The van der Waals surface area contributed by atoms with Gasteiger partial charge in [0.05, 0.1) is 0 Å². The van der Waals surface area contributed by atoms with Gasteiger partial charge in [-0.25, -0.2) is 9.59 Å². The molecule has 6 nitrogen and oxygen atoms in total. The van der Waals surface area contributed by atoms with E-state index < -0.39 is 18.0 Å². The molecular formula is C7H12N2O4. The van der Waals surface area contributed by atoms with E-state index in [1.54, 1.807) is 0 Å². The van der Waals surface area contributed by atoms with Crippen molar-refractivity contribution in [3.8, 4) is 0 Å². The maximum absolute atomic E-state index is 10.5. The number of rotatable bonds is 5. The summed E-state index contributed by atoms with van der Waals surface area (Å²) in [6, 6.07) is -1.99. The molecular weight excluding hydrogens is 176 g/mol. The van der Waals surface area contributed by atoms with Crippen molar-refractivity contribution in [2.45, 2.75) is 25.8 Å². The van der Waals surface area contributed by atoms with Gasteiger partial charge in [0, 0.05) is 6.42 Å². The van der Waals surface area contributed by atoms with E-state index in [0.29, 0.717) is 0 Å². The van der Waals surface area contributed by atoms with Crippen LogP contribution in [0.15, 0.2) is 0 Å².